The Morgan fingerprint density at radius 2 is 2.04 bits per heavy atom. The van der Waals surface area contributed by atoms with E-state index in [1.807, 2.05) is 26.0 Å². The third-order valence-corrected chi connectivity index (χ3v) is 4.01. The van der Waals surface area contributed by atoms with Crippen molar-refractivity contribution in [3.8, 4) is 11.5 Å². The Kier molecular flexibility index (Phi) is 6.09. The summed E-state index contributed by atoms with van der Waals surface area (Å²) in [7, 11) is 1.61. The van der Waals surface area contributed by atoms with Crippen LogP contribution in [0.1, 0.15) is 28.4 Å². The second kappa shape index (κ2) is 8.06. The predicted molar refractivity (Wildman–Crippen MR) is 97.3 cm³/mol. The van der Waals surface area contributed by atoms with Gasteiger partial charge in [0.15, 0.2) is 11.5 Å². The predicted octanol–water partition coefficient (Wildman–Crippen LogP) is 4.48. The van der Waals surface area contributed by atoms with Crippen molar-refractivity contribution in [3.63, 3.8) is 0 Å². The number of halogens is 1. The van der Waals surface area contributed by atoms with Crippen LogP contribution in [0.3, 0.4) is 0 Å². The maximum Gasteiger partial charge on any atom is 0.335 e. The van der Waals surface area contributed by atoms with E-state index in [4.69, 9.17) is 14.6 Å². The molecular weight excluding hydrogens is 374 g/mol. The van der Waals surface area contributed by atoms with Crippen LogP contribution in [0.4, 0.5) is 5.69 Å². The van der Waals surface area contributed by atoms with Crippen molar-refractivity contribution < 1.29 is 19.4 Å². The first-order valence-corrected chi connectivity index (χ1v) is 8.32. The molecule has 0 atom stereocenters. The molecule has 0 saturated carbocycles. The summed E-state index contributed by atoms with van der Waals surface area (Å²) in [6.07, 6.45) is 0. The Hall–Kier alpha value is -2.21. The summed E-state index contributed by atoms with van der Waals surface area (Å²) in [6, 6.07) is 8.84. The molecule has 128 valence electrons. The Morgan fingerprint density at radius 1 is 1.29 bits per heavy atom. The lowest BCUT2D eigenvalue weighted by atomic mass is 10.1. The largest absolute Gasteiger partial charge is 0.493 e. The van der Waals surface area contributed by atoms with E-state index in [0.29, 0.717) is 24.7 Å². The first-order valence-electron chi connectivity index (χ1n) is 7.53. The lowest BCUT2D eigenvalue weighted by molar-refractivity contribution is 0.0697. The van der Waals surface area contributed by atoms with Gasteiger partial charge in [0.05, 0.1) is 19.3 Å². The highest BCUT2D eigenvalue weighted by Crippen LogP contribution is 2.35. The molecule has 0 aromatic heterocycles. The van der Waals surface area contributed by atoms with Crippen molar-refractivity contribution >= 4 is 27.6 Å². The molecule has 0 aliphatic carbocycles. The van der Waals surface area contributed by atoms with Gasteiger partial charge < -0.3 is 19.9 Å². The zero-order valence-electron chi connectivity index (χ0n) is 13.9. The number of aromatic carboxylic acids is 1. The molecule has 0 saturated heterocycles. The highest BCUT2D eigenvalue weighted by molar-refractivity contribution is 9.10. The van der Waals surface area contributed by atoms with Gasteiger partial charge in [-0.25, -0.2) is 4.79 Å². The fourth-order valence-corrected chi connectivity index (χ4v) is 2.88. The van der Waals surface area contributed by atoms with Gasteiger partial charge in [-0.05, 0) is 49.7 Å². The lowest BCUT2D eigenvalue weighted by Crippen LogP contribution is -2.06. The molecule has 0 fully saturated rings. The summed E-state index contributed by atoms with van der Waals surface area (Å²) in [4.78, 5) is 11.0. The van der Waals surface area contributed by atoms with Gasteiger partial charge in [-0.1, -0.05) is 15.9 Å². The third kappa shape index (κ3) is 4.20. The lowest BCUT2D eigenvalue weighted by Gasteiger charge is -2.17. The maximum absolute atomic E-state index is 11.0. The highest BCUT2D eigenvalue weighted by Gasteiger charge is 2.13. The molecule has 0 aliphatic heterocycles. The molecule has 0 radical (unpaired) electrons. The van der Waals surface area contributed by atoms with Crippen molar-refractivity contribution in [2.24, 2.45) is 0 Å². The molecule has 5 nitrogen and oxygen atoms in total. The van der Waals surface area contributed by atoms with E-state index >= 15 is 0 Å². The molecule has 0 aliphatic rings. The van der Waals surface area contributed by atoms with Gasteiger partial charge in [-0.2, -0.15) is 0 Å². The topological polar surface area (TPSA) is 67.8 Å². The van der Waals surface area contributed by atoms with E-state index < -0.39 is 5.97 Å². The Balaban J connectivity index is 2.25. The Labute approximate surface area is 149 Å². The fourth-order valence-electron chi connectivity index (χ4n) is 2.40. The molecule has 0 bridgehead atoms. The third-order valence-electron chi connectivity index (χ3n) is 3.55. The second-order valence-electron chi connectivity index (χ2n) is 5.22. The normalized spacial score (nSPS) is 10.3. The average molecular weight is 394 g/mol. The number of methoxy groups -OCH3 is 1. The van der Waals surface area contributed by atoms with E-state index in [2.05, 4.69) is 21.2 Å². The van der Waals surface area contributed by atoms with E-state index in [0.717, 1.165) is 21.3 Å². The first kappa shape index (κ1) is 18.1. The minimum Gasteiger partial charge on any atom is -0.493 e. The molecular formula is C18H20BrNO4. The van der Waals surface area contributed by atoms with Crippen LogP contribution >= 0.6 is 15.9 Å². The zero-order chi connectivity index (χ0) is 17.7. The van der Waals surface area contributed by atoms with Crippen LogP contribution < -0.4 is 14.8 Å². The smallest absolute Gasteiger partial charge is 0.335 e. The first-order chi connectivity index (χ1) is 11.5. The summed E-state index contributed by atoms with van der Waals surface area (Å²) in [5, 5.41) is 12.4. The van der Waals surface area contributed by atoms with Gasteiger partial charge in [0.25, 0.3) is 0 Å². The van der Waals surface area contributed by atoms with Crippen molar-refractivity contribution in [3.05, 3.63) is 51.5 Å². The van der Waals surface area contributed by atoms with E-state index in [9.17, 15) is 4.79 Å². The molecule has 2 aromatic rings. The van der Waals surface area contributed by atoms with Crippen molar-refractivity contribution in [2.75, 3.05) is 19.0 Å². The Bertz CT molecular complexity index is 746. The summed E-state index contributed by atoms with van der Waals surface area (Å²) in [6.45, 7) is 4.86. The molecule has 0 heterocycles. The van der Waals surface area contributed by atoms with E-state index in [-0.39, 0.29) is 5.56 Å². The van der Waals surface area contributed by atoms with Crippen molar-refractivity contribution in [1.82, 2.24) is 0 Å². The molecule has 6 heteroatoms. The second-order valence-corrected chi connectivity index (χ2v) is 6.13. The number of nitrogens with one attached hydrogen (secondary N) is 1. The minimum atomic E-state index is -0.931. The van der Waals surface area contributed by atoms with Gasteiger partial charge in [-0.3, -0.25) is 0 Å². The van der Waals surface area contributed by atoms with Gasteiger partial charge in [0.1, 0.15) is 0 Å². The van der Waals surface area contributed by atoms with Crippen LogP contribution in [0.25, 0.3) is 0 Å². The number of aryl methyl sites for hydroxylation is 1. The molecule has 0 amide bonds. The minimum absolute atomic E-state index is 0.275. The summed E-state index contributed by atoms with van der Waals surface area (Å²) in [5.74, 6) is 0.441. The number of benzene rings is 2. The Morgan fingerprint density at radius 3 is 2.62 bits per heavy atom. The maximum atomic E-state index is 11.0. The highest BCUT2D eigenvalue weighted by atomic mass is 79.9. The van der Waals surface area contributed by atoms with Gasteiger partial charge in [-0.15, -0.1) is 0 Å². The molecule has 0 unspecified atom stereocenters. The summed E-state index contributed by atoms with van der Waals surface area (Å²) < 4.78 is 12.0. The van der Waals surface area contributed by atoms with Crippen LogP contribution in [-0.2, 0) is 6.54 Å². The van der Waals surface area contributed by atoms with Crippen LogP contribution in [0.5, 0.6) is 11.5 Å². The van der Waals surface area contributed by atoms with Crippen molar-refractivity contribution in [2.45, 2.75) is 20.4 Å². The quantitative estimate of drug-likeness (QED) is 0.725. The number of carboxylic acids is 1. The molecule has 2 rings (SSSR count). The van der Waals surface area contributed by atoms with Gasteiger partial charge >= 0.3 is 5.97 Å². The number of rotatable bonds is 7. The number of hydrogen-bond acceptors (Lipinski definition) is 4. The molecule has 2 aromatic carbocycles. The fraction of sp³-hybridized carbons (Fsp3) is 0.278. The number of hydrogen-bond donors (Lipinski definition) is 2. The molecule has 24 heavy (non-hydrogen) atoms. The van der Waals surface area contributed by atoms with Gasteiger partial charge in [0.2, 0.25) is 0 Å². The van der Waals surface area contributed by atoms with Crippen LogP contribution in [0, 0.1) is 6.92 Å². The zero-order valence-corrected chi connectivity index (χ0v) is 15.4. The molecule has 0 spiro atoms. The average Bonchev–Trinajstić information content (AvgIpc) is 2.55. The van der Waals surface area contributed by atoms with Gasteiger partial charge in [0, 0.05) is 22.3 Å². The summed E-state index contributed by atoms with van der Waals surface area (Å²) >= 11 is 3.48. The van der Waals surface area contributed by atoms with E-state index in [1.54, 1.807) is 25.3 Å². The van der Waals surface area contributed by atoms with Crippen LogP contribution in [0.2, 0.25) is 0 Å². The standard InChI is InChI=1S/C18H20BrNO4/c1-4-24-17-13(8-14(19)9-16(17)23-3)10-20-15-6-5-12(18(21)22)7-11(15)2/h5-9,20H,4,10H2,1-3H3,(H,21,22). The number of carbonyl (C=O) groups is 1. The SMILES string of the molecule is CCOc1c(CNc2ccc(C(=O)O)cc2C)cc(Br)cc1OC. The summed E-state index contributed by atoms with van der Waals surface area (Å²) in [5.41, 5.74) is 2.97. The monoisotopic (exact) mass is 393 g/mol. The van der Waals surface area contributed by atoms with Crippen LogP contribution in [-0.4, -0.2) is 24.8 Å². The number of carboxylic acid groups (broad SMARTS) is 1. The van der Waals surface area contributed by atoms with Crippen LogP contribution in [0.15, 0.2) is 34.8 Å². The number of anilines is 1. The number of ether oxygens (including phenoxy) is 2. The van der Waals surface area contributed by atoms with E-state index in [1.165, 1.54) is 0 Å². The van der Waals surface area contributed by atoms with Crippen molar-refractivity contribution in [1.29, 1.82) is 0 Å². The molecule has 2 N–H and O–H groups in total.